The van der Waals surface area contributed by atoms with Gasteiger partial charge in [-0.15, -0.1) is 6.58 Å². The van der Waals surface area contributed by atoms with Crippen molar-refractivity contribution < 1.29 is 19.3 Å². The number of phenolic OH excluding ortho intramolecular Hbond substituents is 1. The van der Waals surface area contributed by atoms with Gasteiger partial charge in [0.2, 0.25) is 0 Å². The lowest BCUT2D eigenvalue weighted by atomic mass is 9.48. The zero-order chi connectivity index (χ0) is 19.0. The van der Waals surface area contributed by atoms with E-state index in [2.05, 4.69) is 11.5 Å². The Balaban J connectivity index is 1.73. The third kappa shape index (κ3) is 1.94. The van der Waals surface area contributed by atoms with Crippen molar-refractivity contribution in [2.45, 2.75) is 54.9 Å². The SMILES string of the molecule is C=CCN1CC[C@]23c4c5ccc(O)c4O[C@H]2C(N(C)CF)CC[C@@]3(O)[C@H]1C5. The maximum absolute atomic E-state index is 13.5. The summed E-state index contributed by atoms with van der Waals surface area (Å²) in [6.07, 6.45) is 4.28. The molecule has 27 heavy (non-hydrogen) atoms. The van der Waals surface area contributed by atoms with E-state index >= 15 is 0 Å². The zero-order valence-electron chi connectivity index (χ0n) is 15.7. The van der Waals surface area contributed by atoms with Crippen LogP contribution in [0.25, 0.3) is 0 Å². The average Bonchev–Trinajstić information content (AvgIpc) is 3.01. The summed E-state index contributed by atoms with van der Waals surface area (Å²) in [5.41, 5.74) is 0.570. The first kappa shape index (κ1) is 17.5. The number of benzene rings is 1. The Morgan fingerprint density at radius 3 is 3.00 bits per heavy atom. The second kappa shape index (κ2) is 5.69. The van der Waals surface area contributed by atoms with Crippen molar-refractivity contribution in [3.05, 3.63) is 35.9 Å². The van der Waals surface area contributed by atoms with Crippen molar-refractivity contribution in [3.63, 3.8) is 0 Å². The van der Waals surface area contributed by atoms with E-state index in [0.717, 1.165) is 37.1 Å². The second-order valence-electron chi connectivity index (χ2n) is 8.62. The smallest absolute Gasteiger partial charge is 0.165 e. The van der Waals surface area contributed by atoms with Gasteiger partial charge >= 0.3 is 0 Å². The molecule has 2 heterocycles. The molecule has 2 fully saturated rings. The van der Waals surface area contributed by atoms with Crippen molar-refractivity contribution in [2.24, 2.45) is 0 Å². The van der Waals surface area contributed by atoms with Crippen molar-refractivity contribution in [3.8, 4) is 11.5 Å². The first-order chi connectivity index (χ1) is 13.0. The van der Waals surface area contributed by atoms with Gasteiger partial charge < -0.3 is 14.9 Å². The van der Waals surface area contributed by atoms with E-state index in [1.807, 2.05) is 12.1 Å². The summed E-state index contributed by atoms with van der Waals surface area (Å²) < 4.78 is 19.9. The van der Waals surface area contributed by atoms with E-state index in [4.69, 9.17) is 4.74 Å². The van der Waals surface area contributed by atoms with E-state index in [-0.39, 0.29) is 23.9 Å². The first-order valence-electron chi connectivity index (χ1n) is 9.83. The van der Waals surface area contributed by atoms with Gasteiger partial charge in [0.15, 0.2) is 11.5 Å². The molecule has 146 valence electrons. The predicted octanol–water partition coefficient (Wildman–Crippen LogP) is 1.96. The highest BCUT2D eigenvalue weighted by Gasteiger charge is 2.73. The fraction of sp³-hybridized carbons (Fsp3) is 0.619. The maximum Gasteiger partial charge on any atom is 0.165 e. The van der Waals surface area contributed by atoms with Crippen LogP contribution in [-0.4, -0.2) is 70.7 Å². The number of alkyl halides is 1. The third-order valence-corrected chi connectivity index (χ3v) is 7.66. The van der Waals surface area contributed by atoms with Crippen LogP contribution >= 0.6 is 0 Å². The predicted molar refractivity (Wildman–Crippen MR) is 99.8 cm³/mol. The van der Waals surface area contributed by atoms with Gasteiger partial charge in [0, 0.05) is 24.2 Å². The van der Waals surface area contributed by atoms with Gasteiger partial charge in [-0.25, -0.2) is 4.39 Å². The molecule has 4 aliphatic rings. The topological polar surface area (TPSA) is 56.2 Å². The van der Waals surface area contributed by atoms with Crippen molar-refractivity contribution in [1.29, 1.82) is 0 Å². The minimum atomic E-state index is -0.946. The quantitative estimate of drug-likeness (QED) is 0.623. The van der Waals surface area contributed by atoms with Gasteiger partial charge in [-0.05, 0) is 50.9 Å². The highest BCUT2D eigenvalue weighted by atomic mass is 19.1. The molecule has 1 spiro atoms. The van der Waals surface area contributed by atoms with E-state index in [1.54, 1.807) is 18.0 Å². The average molecular weight is 374 g/mol. The highest BCUT2D eigenvalue weighted by Crippen LogP contribution is 2.65. The number of aliphatic hydroxyl groups is 1. The number of hydrogen-bond donors (Lipinski definition) is 2. The monoisotopic (exact) mass is 374 g/mol. The second-order valence-corrected chi connectivity index (χ2v) is 8.62. The molecule has 1 saturated carbocycles. The fourth-order valence-electron chi connectivity index (χ4n) is 6.53. The minimum absolute atomic E-state index is 0.0185. The fourth-order valence-corrected chi connectivity index (χ4v) is 6.53. The normalized spacial score (nSPS) is 39.2. The van der Waals surface area contributed by atoms with Crippen LogP contribution in [0, 0.1) is 0 Å². The summed E-state index contributed by atoms with van der Waals surface area (Å²) in [5.74, 6) is 0.624. The Labute approximate surface area is 159 Å². The largest absolute Gasteiger partial charge is 0.504 e. The van der Waals surface area contributed by atoms with E-state index in [0.29, 0.717) is 18.6 Å². The van der Waals surface area contributed by atoms with Crippen molar-refractivity contribution >= 4 is 0 Å². The Kier molecular flexibility index (Phi) is 3.68. The molecule has 0 radical (unpaired) electrons. The summed E-state index contributed by atoms with van der Waals surface area (Å²) in [7, 11) is 1.77. The van der Waals surface area contributed by atoms with Gasteiger partial charge in [0.05, 0.1) is 11.0 Å². The van der Waals surface area contributed by atoms with Gasteiger partial charge in [-0.3, -0.25) is 9.80 Å². The van der Waals surface area contributed by atoms with Crippen LogP contribution in [0.3, 0.4) is 0 Å². The molecule has 1 saturated heterocycles. The summed E-state index contributed by atoms with van der Waals surface area (Å²) in [5, 5.41) is 22.6. The molecule has 2 aliphatic carbocycles. The van der Waals surface area contributed by atoms with Crippen molar-refractivity contribution in [2.75, 3.05) is 26.9 Å². The Hall–Kier alpha value is -1.63. The lowest BCUT2D eigenvalue weighted by Crippen LogP contribution is -2.78. The van der Waals surface area contributed by atoms with Crippen LogP contribution in [0.5, 0.6) is 11.5 Å². The molecule has 5 rings (SSSR count). The van der Waals surface area contributed by atoms with Crippen LogP contribution in [0.2, 0.25) is 0 Å². The van der Waals surface area contributed by atoms with Crippen LogP contribution in [0.1, 0.15) is 30.4 Å². The number of piperidine rings is 1. The summed E-state index contributed by atoms with van der Waals surface area (Å²) in [4.78, 5) is 4.00. The number of halogens is 1. The number of rotatable bonds is 4. The van der Waals surface area contributed by atoms with Crippen LogP contribution in [-0.2, 0) is 11.8 Å². The number of likely N-dealkylation sites (tertiary alicyclic amines) is 1. The first-order valence-corrected chi connectivity index (χ1v) is 9.83. The van der Waals surface area contributed by atoms with E-state index < -0.39 is 17.8 Å². The number of aromatic hydroxyl groups is 1. The van der Waals surface area contributed by atoms with Gasteiger partial charge in [0.25, 0.3) is 0 Å². The minimum Gasteiger partial charge on any atom is -0.504 e. The molecule has 2 aliphatic heterocycles. The Morgan fingerprint density at radius 1 is 1.44 bits per heavy atom. The van der Waals surface area contributed by atoms with E-state index in [1.165, 1.54) is 0 Å². The van der Waals surface area contributed by atoms with Gasteiger partial charge in [0.1, 0.15) is 12.9 Å². The highest BCUT2D eigenvalue weighted by molar-refractivity contribution is 5.62. The number of phenols is 1. The van der Waals surface area contributed by atoms with Gasteiger partial charge in [-0.2, -0.15) is 0 Å². The molecular formula is C21H27FN2O3. The van der Waals surface area contributed by atoms with Gasteiger partial charge in [-0.1, -0.05) is 12.1 Å². The molecule has 1 unspecified atom stereocenters. The summed E-state index contributed by atoms with van der Waals surface area (Å²) in [6, 6.07) is 3.51. The zero-order valence-corrected chi connectivity index (χ0v) is 15.7. The van der Waals surface area contributed by atoms with E-state index in [9.17, 15) is 14.6 Å². The molecule has 2 N–H and O–H groups in total. The molecule has 2 bridgehead atoms. The standard InChI is InChI=1S/C21H27FN2O3/c1-3-9-24-10-8-20-17-13-4-5-15(25)18(17)27-19(20)14(23(2)12-22)6-7-21(20,26)16(24)11-13/h3-5,14,16,19,25-26H,1,6-12H2,2H3/t14?,16-,19+,20+,21-/m1/s1. The van der Waals surface area contributed by atoms with Crippen molar-refractivity contribution in [1.82, 2.24) is 9.80 Å². The maximum atomic E-state index is 13.5. The molecule has 5 nitrogen and oxygen atoms in total. The third-order valence-electron chi connectivity index (χ3n) is 7.66. The molecule has 5 atom stereocenters. The number of nitrogens with zero attached hydrogens (tertiary/aromatic N) is 2. The summed E-state index contributed by atoms with van der Waals surface area (Å²) >= 11 is 0. The molecule has 1 aromatic carbocycles. The Morgan fingerprint density at radius 2 is 2.26 bits per heavy atom. The van der Waals surface area contributed by atoms with Crippen LogP contribution in [0.4, 0.5) is 4.39 Å². The lowest BCUT2D eigenvalue weighted by molar-refractivity contribution is -0.198. The summed E-state index contributed by atoms with van der Waals surface area (Å²) in [6.45, 7) is 4.90. The Bertz CT molecular complexity index is 802. The molecular weight excluding hydrogens is 347 g/mol. The molecule has 0 aromatic heterocycles. The van der Waals surface area contributed by atoms with Crippen LogP contribution in [0.15, 0.2) is 24.8 Å². The molecule has 0 amide bonds. The molecule has 6 heteroatoms. The lowest BCUT2D eigenvalue weighted by Gasteiger charge is -2.64. The number of hydrogen-bond acceptors (Lipinski definition) is 5. The number of likely N-dealkylation sites (N-methyl/N-ethyl adjacent to an activating group) is 1. The molecule has 1 aromatic rings. The number of ether oxygens (including phenoxy) is 1. The van der Waals surface area contributed by atoms with Crippen LogP contribution < -0.4 is 4.74 Å².